The first-order valence-corrected chi connectivity index (χ1v) is 10.7. The van der Waals surface area contributed by atoms with Crippen LogP contribution in [0.1, 0.15) is 50.8 Å². The standard InChI is InChI=1S/C23H31N3O2/c1-4-16-13-18-7-8-19(14-20(18)24-22(16)27)21(15(2)3)25-9-11-26(12-10-25)23(28)17-5-6-17/h7-8,13-15,17,21H,4-6,9-12H2,1-3H3,(H,24,27). The van der Waals surface area contributed by atoms with E-state index in [1.165, 1.54) is 5.56 Å². The number of aromatic nitrogens is 1. The molecule has 1 atom stereocenters. The number of aryl methyl sites for hydroxylation is 1. The van der Waals surface area contributed by atoms with Gasteiger partial charge in [0.1, 0.15) is 0 Å². The molecule has 28 heavy (non-hydrogen) atoms. The molecule has 1 aromatic heterocycles. The van der Waals surface area contributed by atoms with Gasteiger partial charge in [-0.2, -0.15) is 0 Å². The summed E-state index contributed by atoms with van der Waals surface area (Å²) in [7, 11) is 0. The minimum Gasteiger partial charge on any atom is -0.340 e. The number of H-pyrrole nitrogens is 1. The predicted octanol–water partition coefficient (Wildman–Crippen LogP) is 3.34. The van der Waals surface area contributed by atoms with Gasteiger partial charge in [0.05, 0.1) is 0 Å². The summed E-state index contributed by atoms with van der Waals surface area (Å²) < 4.78 is 0. The molecule has 5 nitrogen and oxygen atoms in total. The van der Waals surface area contributed by atoms with Crippen LogP contribution < -0.4 is 5.56 Å². The Balaban J connectivity index is 1.56. The molecule has 1 saturated carbocycles. The van der Waals surface area contributed by atoms with Crippen molar-refractivity contribution >= 4 is 16.8 Å². The summed E-state index contributed by atoms with van der Waals surface area (Å²) in [5, 5.41) is 1.09. The lowest BCUT2D eigenvalue weighted by Gasteiger charge is -2.41. The fourth-order valence-corrected chi connectivity index (χ4v) is 4.54. The number of carbonyl (C=O) groups excluding carboxylic acids is 1. The fourth-order valence-electron chi connectivity index (χ4n) is 4.54. The Hall–Kier alpha value is -2.14. The molecule has 1 aliphatic carbocycles. The van der Waals surface area contributed by atoms with Crippen LogP contribution in [-0.4, -0.2) is 46.9 Å². The maximum atomic E-state index is 12.3. The van der Waals surface area contributed by atoms with Crippen molar-refractivity contribution in [3.05, 3.63) is 45.7 Å². The summed E-state index contributed by atoms with van der Waals surface area (Å²) >= 11 is 0. The number of pyridine rings is 1. The quantitative estimate of drug-likeness (QED) is 0.864. The number of amides is 1. The number of hydrogen-bond donors (Lipinski definition) is 1. The van der Waals surface area contributed by atoms with E-state index in [0.717, 1.165) is 61.9 Å². The van der Waals surface area contributed by atoms with Gasteiger partial charge in [-0.05, 0) is 48.3 Å². The van der Waals surface area contributed by atoms with Gasteiger partial charge < -0.3 is 9.88 Å². The Morgan fingerprint density at radius 3 is 2.46 bits per heavy atom. The second kappa shape index (κ2) is 7.70. The number of aromatic amines is 1. The summed E-state index contributed by atoms with van der Waals surface area (Å²) in [6.45, 7) is 9.97. The summed E-state index contributed by atoms with van der Waals surface area (Å²) in [4.78, 5) is 32.2. The number of fused-ring (bicyclic) bond motifs is 1. The topological polar surface area (TPSA) is 56.4 Å². The first kappa shape index (κ1) is 19.2. The average molecular weight is 382 g/mol. The molecule has 2 heterocycles. The van der Waals surface area contributed by atoms with Gasteiger partial charge in [0.15, 0.2) is 0 Å². The molecule has 2 aliphatic rings. The van der Waals surface area contributed by atoms with Crippen LogP contribution in [-0.2, 0) is 11.2 Å². The molecule has 0 spiro atoms. The van der Waals surface area contributed by atoms with Crippen LogP contribution in [0.15, 0.2) is 29.1 Å². The third-order valence-corrected chi connectivity index (χ3v) is 6.25. The lowest BCUT2D eigenvalue weighted by atomic mass is 9.92. The van der Waals surface area contributed by atoms with Crippen molar-refractivity contribution in [3.8, 4) is 0 Å². The fraction of sp³-hybridized carbons (Fsp3) is 0.565. The van der Waals surface area contributed by atoms with Gasteiger partial charge in [-0.1, -0.05) is 32.9 Å². The van der Waals surface area contributed by atoms with Crippen LogP contribution in [0.25, 0.3) is 10.9 Å². The third kappa shape index (κ3) is 3.72. The minimum atomic E-state index is 0.0143. The minimum absolute atomic E-state index is 0.0143. The summed E-state index contributed by atoms with van der Waals surface area (Å²) in [5.74, 6) is 1.11. The van der Waals surface area contributed by atoms with Gasteiger partial charge in [0.2, 0.25) is 5.91 Å². The van der Waals surface area contributed by atoms with E-state index in [4.69, 9.17) is 0 Å². The van der Waals surface area contributed by atoms with Crippen LogP contribution in [0, 0.1) is 11.8 Å². The molecule has 0 radical (unpaired) electrons. The molecule has 4 rings (SSSR count). The first-order chi connectivity index (χ1) is 13.5. The summed E-state index contributed by atoms with van der Waals surface area (Å²) in [5.41, 5.74) is 3.00. The Labute approximate surface area is 166 Å². The highest BCUT2D eigenvalue weighted by atomic mass is 16.2. The zero-order valence-corrected chi connectivity index (χ0v) is 17.2. The number of hydrogen-bond acceptors (Lipinski definition) is 3. The number of piperazine rings is 1. The van der Waals surface area contributed by atoms with Crippen LogP contribution in [0.4, 0.5) is 0 Å². The monoisotopic (exact) mass is 381 g/mol. The van der Waals surface area contributed by atoms with Crippen LogP contribution >= 0.6 is 0 Å². The number of rotatable bonds is 5. The zero-order valence-electron chi connectivity index (χ0n) is 17.2. The van der Waals surface area contributed by atoms with Gasteiger partial charge in [-0.25, -0.2) is 0 Å². The van der Waals surface area contributed by atoms with Crippen LogP contribution in [0.2, 0.25) is 0 Å². The highest BCUT2D eigenvalue weighted by Gasteiger charge is 2.36. The van der Waals surface area contributed by atoms with Crippen molar-refractivity contribution < 1.29 is 4.79 Å². The molecular formula is C23H31N3O2. The van der Waals surface area contributed by atoms with E-state index in [9.17, 15) is 9.59 Å². The maximum absolute atomic E-state index is 12.3. The highest BCUT2D eigenvalue weighted by molar-refractivity contribution is 5.81. The van der Waals surface area contributed by atoms with Gasteiger partial charge in [-0.15, -0.1) is 0 Å². The van der Waals surface area contributed by atoms with Crippen molar-refractivity contribution in [1.82, 2.24) is 14.8 Å². The van der Waals surface area contributed by atoms with Gasteiger partial charge in [0.25, 0.3) is 5.56 Å². The van der Waals surface area contributed by atoms with Crippen molar-refractivity contribution in [2.45, 2.75) is 46.1 Å². The van der Waals surface area contributed by atoms with Crippen molar-refractivity contribution in [2.24, 2.45) is 11.8 Å². The Kier molecular flexibility index (Phi) is 5.28. The number of nitrogens with zero attached hydrogens (tertiary/aromatic N) is 2. The molecule has 2 fully saturated rings. The lowest BCUT2D eigenvalue weighted by molar-refractivity contribution is -0.134. The van der Waals surface area contributed by atoms with E-state index in [-0.39, 0.29) is 11.6 Å². The molecule has 150 valence electrons. The summed E-state index contributed by atoms with van der Waals surface area (Å²) in [6.07, 6.45) is 2.89. The Morgan fingerprint density at radius 1 is 1.14 bits per heavy atom. The highest BCUT2D eigenvalue weighted by Crippen LogP contribution is 2.34. The van der Waals surface area contributed by atoms with Gasteiger partial charge in [-0.3, -0.25) is 14.5 Å². The summed E-state index contributed by atoms with van der Waals surface area (Å²) in [6, 6.07) is 8.76. The molecule has 5 heteroatoms. The molecule has 2 aromatic rings. The van der Waals surface area contributed by atoms with Gasteiger partial charge >= 0.3 is 0 Å². The molecule has 1 unspecified atom stereocenters. The average Bonchev–Trinajstić information content (AvgIpc) is 3.52. The number of nitrogens with one attached hydrogen (secondary N) is 1. The molecule has 1 amide bonds. The van der Waals surface area contributed by atoms with Crippen molar-refractivity contribution in [2.75, 3.05) is 26.2 Å². The SMILES string of the molecule is CCc1cc2ccc(C(C(C)C)N3CCN(C(=O)C4CC4)CC3)cc2[nH]c1=O. The smallest absolute Gasteiger partial charge is 0.251 e. The van der Waals surface area contributed by atoms with Gasteiger partial charge in [0, 0.05) is 49.2 Å². The number of benzene rings is 1. The third-order valence-electron chi connectivity index (χ3n) is 6.25. The normalized spacial score (nSPS) is 19.4. The molecular weight excluding hydrogens is 350 g/mol. The molecule has 1 aromatic carbocycles. The van der Waals surface area contributed by atoms with E-state index >= 15 is 0 Å². The second-order valence-corrected chi connectivity index (χ2v) is 8.65. The molecule has 1 aliphatic heterocycles. The second-order valence-electron chi connectivity index (χ2n) is 8.65. The van der Waals surface area contributed by atoms with E-state index in [1.807, 2.05) is 13.0 Å². The first-order valence-electron chi connectivity index (χ1n) is 10.7. The molecule has 1 saturated heterocycles. The maximum Gasteiger partial charge on any atom is 0.251 e. The predicted molar refractivity (Wildman–Crippen MR) is 112 cm³/mol. The lowest BCUT2D eigenvalue weighted by Crippen LogP contribution is -2.50. The number of carbonyl (C=O) groups is 1. The van der Waals surface area contributed by atoms with Crippen molar-refractivity contribution in [1.29, 1.82) is 0 Å². The molecule has 1 N–H and O–H groups in total. The van der Waals surface area contributed by atoms with E-state index in [0.29, 0.717) is 17.7 Å². The van der Waals surface area contributed by atoms with Crippen LogP contribution in [0.3, 0.4) is 0 Å². The Bertz CT molecular complexity index is 921. The Morgan fingerprint density at radius 2 is 1.86 bits per heavy atom. The van der Waals surface area contributed by atoms with Crippen LogP contribution in [0.5, 0.6) is 0 Å². The van der Waals surface area contributed by atoms with E-state index < -0.39 is 0 Å². The zero-order chi connectivity index (χ0) is 19.8. The largest absolute Gasteiger partial charge is 0.340 e. The van der Waals surface area contributed by atoms with E-state index in [2.05, 4.69) is 46.8 Å². The van der Waals surface area contributed by atoms with E-state index in [1.54, 1.807) is 0 Å². The van der Waals surface area contributed by atoms with Crippen molar-refractivity contribution in [3.63, 3.8) is 0 Å². The molecule has 0 bridgehead atoms.